The number of hydrogen-bond donors (Lipinski definition) is 1. The number of rotatable bonds is 6. The summed E-state index contributed by atoms with van der Waals surface area (Å²) in [5, 5.41) is 5.51. The summed E-state index contributed by atoms with van der Waals surface area (Å²) in [5.74, 6) is 0. The molecular weight excluding hydrogens is 261 g/mol. The van der Waals surface area contributed by atoms with Crippen molar-refractivity contribution in [2.75, 3.05) is 12.8 Å². The van der Waals surface area contributed by atoms with Crippen LogP contribution in [0.2, 0.25) is 10.0 Å². The van der Waals surface area contributed by atoms with Gasteiger partial charge in [0.1, 0.15) is 0 Å². The number of benzene rings is 1. The summed E-state index contributed by atoms with van der Waals surface area (Å²) >= 11 is 13.8. The van der Waals surface area contributed by atoms with Crippen molar-refractivity contribution in [2.24, 2.45) is 0 Å². The van der Waals surface area contributed by atoms with Gasteiger partial charge in [0.25, 0.3) is 0 Å². The van der Waals surface area contributed by atoms with Crippen molar-refractivity contribution in [2.45, 2.75) is 25.1 Å². The first kappa shape index (κ1) is 14.2. The van der Waals surface area contributed by atoms with Crippen molar-refractivity contribution in [3.8, 4) is 0 Å². The predicted octanol–water partition coefficient (Wildman–Crippen LogP) is 4.22. The molecule has 90 valence electrons. The van der Waals surface area contributed by atoms with E-state index in [0.29, 0.717) is 10.3 Å². The van der Waals surface area contributed by atoms with Crippen molar-refractivity contribution in [1.29, 1.82) is 0 Å². The lowest BCUT2D eigenvalue weighted by Gasteiger charge is -2.10. The highest BCUT2D eigenvalue weighted by atomic mass is 35.5. The fourth-order valence-corrected chi connectivity index (χ4v) is 2.14. The molecule has 1 unspecified atom stereocenters. The molecule has 0 saturated heterocycles. The van der Waals surface area contributed by atoms with Gasteiger partial charge in [-0.1, -0.05) is 36.2 Å². The van der Waals surface area contributed by atoms with Crippen molar-refractivity contribution in [1.82, 2.24) is 5.32 Å². The maximum atomic E-state index is 6.07. The molecule has 1 aromatic carbocycles. The molecular formula is C12H17Cl2NS. The van der Waals surface area contributed by atoms with Crippen molar-refractivity contribution < 1.29 is 0 Å². The van der Waals surface area contributed by atoms with Crippen LogP contribution in [0.3, 0.4) is 0 Å². The SMILES string of the molecule is CSC(C)CCNCc1ccc(Cl)cc1Cl. The molecule has 0 radical (unpaired) electrons. The van der Waals surface area contributed by atoms with Crippen LogP contribution >= 0.6 is 35.0 Å². The number of nitrogens with one attached hydrogen (secondary N) is 1. The van der Waals surface area contributed by atoms with E-state index in [1.807, 2.05) is 23.9 Å². The summed E-state index contributed by atoms with van der Waals surface area (Å²) in [6, 6.07) is 5.62. The molecule has 1 rings (SSSR count). The summed E-state index contributed by atoms with van der Waals surface area (Å²) in [4.78, 5) is 0. The Morgan fingerprint density at radius 2 is 2.12 bits per heavy atom. The Morgan fingerprint density at radius 3 is 2.75 bits per heavy atom. The highest BCUT2D eigenvalue weighted by Gasteiger charge is 2.02. The van der Waals surface area contributed by atoms with Crippen LogP contribution in [0.1, 0.15) is 18.9 Å². The first-order valence-electron chi connectivity index (χ1n) is 5.31. The van der Waals surface area contributed by atoms with E-state index in [0.717, 1.165) is 23.7 Å². The smallest absolute Gasteiger partial charge is 0.0465 e. The molecule has 0 heterocycles. The van der Waals surface area contributed by atoms with Gasteiger partial charge >= 0.3 is 0 Å². The van der Waals surface area contributed by atoms with E-state index in [2.05, 4.69) is 18.5 Å². The molecule has 0 saturated carbocycles. The van der Waals surface area contributed by atoms with Gasteiger partial charge in [0, 0.05) is 21.8 Å². The van der Waals surface area contributed by atoms with Crippen LogP contribution in [0.4, 0.5) is 0 Å². The summed E-state index contributed by atoms with van der Waals surface area (Å²) in [5.41, 5.74) is 1.10. The molecule has 16 heavy (non-hydrogen) atoms. The Bertz CT molecular complexity index is 331. The van der Waals surface area contributed by atoms with Gasteiger partial charge in [-0.05, 0) is 36.9 Å². The second-order valence-corrected chi connectivity index (χ2v) is 5.87. The minimum Gasteiger partial charge on any atom is -0.313 e. The van der Waals surface area contributed by atoms with Crippen molar-refractivity contribution in [3.63, 3.8) is 0 Å². The van der Waals surface area contributed by atoms with Gasteiger partial charge in [-0.25, -0.2) is 0 Å². The zero-order chi connectivity index (χ0) is 12.0. The lowest BCUT2D eigenvalue weighted by atomic mass is 10.2. The van der Waals surface area contributed by atoms with Gasteiger partial charge in [0.15, 0.2) is 0 Å². The average molecular weight is 278 g/mol. The Labute approximate surface area is 112 Å². The molecule has 0 aliphatic heterocycles. The zero-order valence-electron chi connectivity index (χ0n) is 9.59. The van der Waals surface area contributed by atoms with Crippen molar-refractivity contribution >= 4 is 35.0 Å². The summed E-state index contributed by atoms with van der Waals surface area (Å²) in [6.45, 7) is 4.06. The fraction of sp³-hybridized carbons (Fsp3) is 0.500. The Morgan fingerprint density at radius 1 is 1.38 bits per heavy atom. The molecule has 0 fully saturated rings. The van der Waals surface area contributed by atoms with E-state index in [1.54, 1.807) is 6.07 Å². The van der Waals surface area contributed by atoms with E-state index < -0.39 is 0 Å². The van der Waals surface area contributed by atoms with E-state index in [4.69, 9.17) is 23.2 Å². The predicted molar refractivity (Wildman–Crippen MR) is 75.8 cm³/mol. The van der Waals surface area contributed by atoms with Gasteiger partial charge in [-0.2, -0.15) is 11.8 Å². The number of halogens is 2. The van der Waals surface area contributed by atoms with E-state index in [-0.39, 0.29) is 0 Å². The van der Waals surface area contributed by atoms with Crippen LogP contribution in [-0.2, 0) is 6.54 Å². The average Bonchev–Trinajstić information content (AvgIpc) is 2.26. The first-order chi connectivity index (χ1) is 7.63. The minimum absolute atomic E-state index is 0.685. The van der Waals surface area contributed by atoms with Crippen LogP contribution in [0.5, 0.6) is 0 Å². The normalized spacial score (nSPS) is 12.8. The van der Waals surface area contributed by atoms with E-state index in [9.17, 15) is 0 Å². The van der Waals surface area contributed by atoms with E-state index in [1.165, 1.54) is 6.42 Å². The number of thioether (sulfide) groups is 1. The molecule has 1 nitrogen and oxygen atoms in total. The van der Waals surface area contributed by atoms with Gasteiger partial charge in [0.05, 0.1) is 0 Å². The van der Waals surface area contributed by atoms with Crippen LogP contribution in [-0.4, -0.2) is 18.1 Å². The van der Waals surface area contributed by atoms with Crippen LogP contribution < -0.4 is 5.32 Å². The third kappa shape index (κ3) is 4.96. The molecule has 0 aromatic heterocycles. The lowest BCUT2D eigenvalue weighted by Crippen LogP contribution is -2.17. The van der Waals surface area contributed by atoms with Gasteiger partial charge < -0.3 is 5.32 Å². The molecule has 0 amide bonds. The van der Waals surface area contributed by atoms with Crippen LogP contribution in [0.15, 0.2) is 18.2 Å². The molecule has 1 N–H and O–H groups in total. The Kier molecular flexibility index (Phi) is 6.59. The Balaban J connectivity index is 2.32. The van der Waals surface area contributed by atoms with Crippen molar-refractivity contribution in [3.05, 3.63) is 33.8 Å². The third-order valence-corrected chi connectivity index (χ3v) is 4.09. The molecule has 0 bridgehead atoms. The second kappa shape index (κ2) is 7.44. The molecule has 0 aliphatic carbocycles. The molecule has 1 atom stereocenters. The third-order valence-electron chi connectivity index (χ3n) is 2.46. The maximum absolute atomic E-state index is 6.07. The maximum Gasteiger partial charge on any atom is 0.0465 e. The Hall–Kier alpha value is 0.110. The van der Waals surface area contributed by atoms with Crippen LogP contribution in [0, 0.1) is 0 Å². The molecule has 1 aromatic rings. The highest BCUT2D eigenvalue weighted by Crippen LogP contribution is 2.20. The number of hydrogen-bond acceptors (Lipinski definition) is 2. The quantitative estimate of drug-likeness (QED) is 0.782. The summed E-state index contributed by atoms with van der Waals surface area (Å²) < 4.78 is 0. The lowest BCUT2D eigenvalue weighted by molar-refractivity contribution is 0.648. The highest BCUT2D eigenvalue weighted by molar-refractivity contribution is 7.99. The second-order valence-electron chi connectivity index (χ2n) is 3.75. The largest absolute Gasteiger partial charge is 0.313 e. The van der Waals surface area contributed by atoms with E-state index >= 15 is 0 Å². The van der Waals surface area contributed by atoms with Crippen LogP contribution in [0.25, 0.3) is 0 Å². The monoisotopic (exact) mass is 277 g/mol. The summed E-state index contributed by atoms with van der Waals surface area (Å²) in [6.07, 6.45) is 3.31. The first-order valence-corrected chi connectivity index (χ1v) is 7.35. The van der Waals surface area contributed by atoms with Gasteiger partial charge in [-0.15, -0.1) is 0 Å². The molecule has 0 aliphatic rings. The minimum atomic E-state index is 0.685. The molecule has 4 heteroatoms. The summed E-state index contributed by atoms with van der Waals surface area (Å²) in [7, 11) is 0. The van der Waals surface area contributed by atoms with Gasteiger partial charge in [0.2, 0.25) is 0 Å². The topological polar surface area (TPSA) is 12.0 Å². The zero-order valence-corrected chi connectivity index (χ0v) is 11.9. The molecule has 0 spiro atoms. The standard InChI is InChI=1S/C12H17Cl2NS/c1-9(16-2)5-6-15-8-10-3-4-11(13)7-12(10)14/h3-4,7,9,15H,5-6,8H2,1-2H3. The fourth-order valence-electron chi connectivity index (χ4n) is 1.31. The van der Waals surface area contributed by atoms with Gasteiger partial charge in [-0.3, -0.25) is 0 Å².